The third kappa shape index (κ3) is 7.08. The number of piperazine rings is 1. The summed E-state index contributed by atoms with van der Waals surface area (Å²) in [6.07, 6.45) is 4.49. The second kappa shape index (κ2) is 12.2. The molecule has 1 unspecified atom stereocenters. The molecule has 1 atom stereocenters. The van der Waals surface area contributed by atoms with Gasteiger partial charge in [0.15, 0.2) is 0 Å². The van der Waals surface area contributed by atoms with E-state index < -0.39 is 5.97 Å². The van der Waals surface area contributed by atoms with E-state index in [2.05, 4.69) is 74.6 Å². The maximum Gasteiger partial charge on any atom is 0.329 e. The Bertz CT molecular complexity index is 1080. The van der Waals surface area contributed by atoms with Crippen molar-refractivity contribution in [3.8, 4) is 0 Å². The number of carboxylic acid groups (broad SMARTS) is 1. The van der Waals surface area contributed by atoms with E-state index in [1.807, 2.05) is 6.21 Å². The first-order valence-electron chi connectivity index (χ1n) is 13.1. The number of aliphatic carboxylic acids is 1. The number of anilines is 1. The van der Waals surface area contributed by atoms with Crippen molar-refractivity contribution in [1.29, 1.82) is 0 Å². The maximum atomic E-state index is 10.7. The standard InChI is InChI=1S/C28H35N5O4/c34-28(35)21-36-25-10-12-31(13-11-25)20-26-18-27(30-37-26)23-8-6-22(7-9-23)19-29-33-16-14-32(15-17-33)24-4-2-1-3-5-24/h1-9,19,25-26H,10-18,20-21H2,(H,34,35)/b29-19+. The first-order chi connectivity index (χ1) is 18.1. The highest BCUT2D eigenvalue weighted by atomic mass is 16.6. The van der Waals surface area contributed by atoms with Gasteiger partial charge in [0.2, 0.25) is 0 Å². The number of nitrogens with zero attached hydrogens (tertiary/aromatic N) is 5. The molecular weight excluding hydrogens is 470 g/mol. The van der Waals surface area contributed by atoms with Crippen LogP contribution in [0.5, 0.6) is 0 Å². The molecule has 3 aliphatic rings. The van der Waals surface area contributed by atoms with Crippen LogP contribution in [0.2, 0.25) is 0 Å². The van der Waals surface area contributed by atoms with Crippen molar-refractivity contribution in [1.82, 2.24) is 9.91 Å². The molecule has 196 valence electrons. The summed E-state index contributed by atoms with van der Waals surface area (Å²) in [4.78, 5) is 21.2. The summed E-state index contributed by atoms with van der Waals surface area (Å²) in [5, 5.41) is 19.9. The predicted octanol–water partition coefficient (Wildman–Crippen LogP) is 2.90. The summed E-state index contributed by atoms with van der Waals surface area (Å²) in [7, 11) is 0. The molecule has 3 aliphatic heterocycles. The SMILES string of the molecule is O=C(O)COC1CCN(CC2CC(c3ccc(/C=N/N4CCN(c5ccccc5)CC4)cc3)=NO2)CC1. The molecule has 0 bridgehead atoms. The molecule has 0 spiro atoms. The Morgan fingerprint density at radius 2 is 1.76 bits per heavy atom. The van der Waals surface area contributed by atoms with Crippen LogP contribution in [0.3, 0.4) is 0 Å². The van der Waals surface area contributed by atoms with Gasteiger partial charge in [-0.25, -0.2) is 4.79 Å². The highest BCUT2D eigenvalue weighted by Crippen LogP contribution is 2.21. The van der Waals surface area contributed by atoms with Crippen LogP contribution in [0.1, 0.15) is 30.4 Å². The van der Waals surface area contributed by atoms with E-state index in [-0.39, 0.29) is 18.8 Å². The average Bonchev–Trinajstić information content (AvgIpc) is 3.41. The molecule has 0 aliphatic carbocycles. The molecule has 1 N–H and O–H groups in total. The van der Waals surface area contributed by atoms with Crippen molar-refractivity contribution in [2.45, 2.75) is 31.5 Å². The second-order valence-corrected chi connectivity index (χ2v) is 9.82. The number of ether oxygens (including phenoxy) is 1. The summed E-state index contributed by atoms with van der Waals surface area (Å²) in [5.74, 6) is -0.913. The first-order valence-corrected chi connectivity index (χ1v) is 13.1. The minimum absolute atomic E-state index is 0.0320. The van der Waals surface area contributed by atoms with Crippen molar-refractivity contribution >= 4 is 23.6 Å². The lowest BCUT2D eigenvalue weighted by Crippen LogP contribution is -2.44. The monoisotopic (exact) mass is 505 g/mol. The number of oxime groups is 1. The molecule has 37 heavy (non-hydrogen) atoms. The fourth-order valence-electron chi connectivity index (χ4n) is 5.05. The van der Waals surface area contributed by atoms with Gasteiger partial charge >= 0.3 is 5.97 Å². The Morgan fingerprint density at radius 3 is 2.46 bits per heavy atom. The van der Waals surface area contributed by atoms with Gasteiger partial charge in [0.25, 0.3) is 0 Å². The van der Waals surface area contributed by atoms with Gasteiger partial charge in [0, 0.05) is 44.8 Å². The van der Waals surface area contributed by atoms with Crippen LogP contribution in [0, 0.1) is 0 Å². The Hall–Kier alpha value is -3.43. The Kier molecular flexibility index (Phi) is 8.32. The van der Waals surface area contributed by atoms with Crippen molar-refractivity contribution in [2.24, 2.45) is 10.3 Å². The van der Waals surface area contributed by atoms with Crippen LogP contribution < -0.4 is 4.90 Å². The lowest BCUT2D eigenvalue weighted by molar-refractivity contribution is -0.145. The summed E-state index contributed by atoms with van der Waals surface area (Å²) in [6, 6.07) is 18.9. The van der Waals surface area contributed by atoms with Crippen LogP contribution in [0.4, 0.5) is 5.69 Å². The van der Waals surface area contributed by atoms with Crippen LogP contribution in [0.15, 0.2) is 64.9 Å². The number of hydrazone groups is 1. The molecular formula is C28H35N5O4. The molecule has 3 heterocycles. The quantitative estimate of drug-likeness (QED) is 0.524. The third-order valence-corrected chi connectivity index (χ3v) is 7.16. The van der Waals surface area contributed by atoms with Crippen LogP contribution >= 0.6 is 0 Å². The number of piperidine rings is 1. The van der Waals surface area contributed by atoms with Gasteiger partial charge in [-0.1, -0.05) is 47.6 Å². The zero-order valence-corrected chi connectivity index (χ0v) is 21.1. The molecule has 5 rings (SSSR count). The second-order valence-electron chi connectivity index (χ2n) is 9.82. The van der Waals surface area contributed by atoms with Gasteiger partial charge in [-0.05, 0) is 36.1 Å². The minimum Gasteiger partial charge on any atom is -0.480 e. The maximum absolute atomic E-state index is 10.7. The zero-order chi connectivity index (χ0) is 25.5. The Labute approximate surface area is 217 Å². The molecule has 2 aromatic carbocycles. The van der Waals surface area contributed by atoms with E-state index in [1.165, 1.54) is 5.69 Å². The van der Waals surface area contributed by atoms with E-state index >= 15 is 0 Å². The number of para-hydroxylation sites is 1. The molecule has 0 aromatic heterocycles. The number of carbonyl (C=O) groups is 1. The number of rotatable bonds is 9. The summed E-state index contributed by atoms with van der Waals surface area (Å²) in [6.45, 7) is 6.13. The lowest BCUT2D eigenvalue weighted by Gasteiger charge is -2.34. The Balaban J connectivity index is 1.04. The minimum atomic E-state index is -0.913. The van der Waals surface area contributed by atoms with Gasteiger partial charge in [-0.3, -0.25) is 9.91 Å². The van der Waals surface area contributed by atoms with E-state index in [0.29, 0.717) is 0 Å². The average molecular weight is 506 g/mol. The number of likely N-dealkylation sites (tertiary alicyclic amines) is 1. The number of hydrogen-bond donors (Lipinski definition) is 1. The van der Waals surface area contributed by atoms with E-state index in [0.717, 1.165) is 81.9 Å². The molecule has 9 nitrogen and oxygen atoms in total. The molecule has 0 saturated carbocycles. The number of benzene rings is 2. The van der Waals surface area contributed by atoms with Crippen LogP contribution in [-0.2, 0) is 14.4 Å². The molecule has 2 saturated heterocycles. The van der Waals surface area contributed by atoms with Crippen molar-refractivity contribution in [3.05, 3.63) is 65.7 Å². The van der Waals surface area contributed by atoms with Gasteiger partial charge in [0.1, 0.15) is 12.7 Å². The van der Waals surface area contributed by atoms with Crippen LogP contribution in [0.25, 0.3) is 0 Å². The van der Waals surface area contributed by atoms with Gasteiger partial charge in [0.05, 0.1) is 31.1 Å². The van der Waals surface area contributed by atoms with Gasteiger partial charge in [-0.15, -0.1) is 0 Å². The molecule has 0 radical (unpaired) electrons. The normalized spacial score (nSPS) is 21.3. The number of hydrogen-bond acceptors (Lipinski definition) is 8. The lowest BCUT2D eigenvalue weighted by atomic mass is 10.0. The highest BCUT2D eigenvalue weighted by Gasteiger charge is 2.27. The largest absolute Gasteiger partial charge is 0.480 e. The molecule has 9 heteroatoms. The van der Waals surface area contributed by atoms with E-state index in [1.54, 1.807) is 0 Å². The van der Waals surface area contributed by atoms with E-state index in [4.69, 9.17) is 19.8 Å². The van der Waals surface area contributed by atoms with Crippen molar-refractivity contribution < 1.29 is 19.5 Å². The summed E-state index contributed by atoms with van der Waals surface area (Å²) < 4.78 is 5.43. The summed E-state index contributed by atoms with van der Waals surface area (Å²) in [5.41, 5.74) is 4.40. The molecule has 2 aromatic rings. The van der Waals surface area contributed by atoms with Crippen LogP contribution in [-0.4, -0.2) is 97.5 Å². The molecule has 0 amide bonds. The third-order valence-electron chi connectivity index (χ3n) is 7.16. The fraction of sp³-hybridized carbons (Fsp3) is 0.464. The topological polar surface area (TPSA) is 90.2 Å². The predicted molar refractivity (Wildman–Crippen MR) is 143 cm³/mol. The fourth-order valence-corrected chi connectivity index (χ4v) is 5.05. The Morgan fingerprint density at radius 1 is 1.03 bits per heavy atom. The number of carboxylic acids is 1. The van der Waals surface area contributed by atoms with Crippen molar-refractivity contribution in [3.63, 3.8) is 0 Å². The summed E-state index contributed by atoms with van der Waals surface area (Å²) >= 11 is 0. The molecule has 2 fully saturated rings. The van der Waals surface area contributed by atoms with Crippen molar-refractivity contribution in [2.75, 3.05) is 57.3 Å². The van der Waals surface area contributed by atoms with Gasteiger partial charge < -0.3 is 19.6 Å². The highest BCUT2D eigenvalue weighted by molar-refractivity contribution is 6.01. The zero-order valence-electron chi connectivity index (χ0n) is 21.1. The van der Waals surface area contributed by atoms with Gasteiger partial charge in [-0.2, -0.15) is 5.10 Å². The smallest absolute Gasteiger partial charge is 0.329 e. The van der Waals surface area contributed by atoms with E-state index in [9.17, 15) is 4.79 Å². The first kappa shape index (κ1) is 25.2.